The lowest BCUT2D eigenvalue weighted by Gasteiger charge is -2.13. The third-order valence-electron chi connectivity index (χ3n) is 3.18. The predicted octanol–water partition coefficient (Wildman–Crippen LogP) is 3.82. The van der Waals surface area contributed by atoms with E-state index in [9.17, 15) is 9.59 Å². The second-order valence-electron chi connectivity index (χ2n) is 5.07. The van der Waals surface area contributed by atoms with Gasteiger partial charge in [0.25, 0.3) is 0 Å². The van der Waals surface area contributed by atoms with Crippen LogP contribution in [0, 0.1) is 5.92 Å². The summed E-state index contributed by atoms with van der Waals surface area (Å²) in [5.41, 5.74) is 0.917. The van der Waals surface area contributed by atoms with Crippen LogP contribution in [0.15, 0.2) is 28.6 Å². The molecule has 0 aliphatic carbocycles. The molecule has 0 bridgehead atoms. The number of aromatic nitrogens is 1. The number of carboxylic acids is 1. The molecule has 2 rings (SSSR count). The van der Waals surface area contributed by atoms with E-state index in [1.54, 1.807) is 11.3 Å². The van der Waals surface area contributed by atoms with Crippen molar-refractivity contribution in [2.75, 3.05) is 12.4 Å². The number of thioether (sulfide) groups is 1. The lowest BCUT2D eigenvalue weighted by atomic mass is 10.1. The molecule has 0 radical (unpaired) electrons. The average molecular weight is 353 g/mol. The molecule has 124 valence electrons. The SMILES string of the molecule is CCCCOC(=O)C(CSc1nc2ccccc2s1)CC(=O)O. The van der Waals surface area contributed by atoms with Crippen LogP contribution in [-0.2, 0) is 14.3 Å². The molecule has 23 heavy (non-hydrogen) atoms. The Balaban J connectivity index is 1.96. The van der Waals surface area contributed by atoms with Gasteiger partial charge < -0.3 is 9.84 Å². The van der Waals surface area contributed by atoms with Gasteiger partial charge in [-0.25, -0.2) is 4.98 Å². The Morgan fingerprint density at radius 3 is 2.87 bits per heavy atom. The van der Waals surface area contributed by atoms with Crippen LogP contribution in [0.2, 0.25) is 0 Å². The molecule has 0 aliphatic rings. The molecule has 0 spiro atoms. The van der Waals surface area contributed by atoms with Crippen molar-refractivity contribution < 1.29 is 19.4 Å². The van der Waals surface area contributed by atoms with E-state index in [-0.39, 0.29) is 6.42 Å². The first-order valence-corrected chi connectivity index (χ1v) is 9.27. The van der Waals surface area contributed by atoms with Crippen LogP contribution in [0.4, 0.5) is 0 Å². The molecule has 0 fully saturated rings. The number of thiazole rings is 1. The van der Waals surface area contributed by atoms with Crippen molar-refractivity contribution in [1.29, 1.82) is 0 Å². The van der Waals surface area contributed by atoms with Gasteiger partial charge in [-0.3, -0.25) is 9.59 Å². The number of hydrogen-bond acceptors (Lipinski definition) is 6. The number of ether oxygens (including phenoxy) is 1. The summed E-state index contributed by atoms with van der Waals surface area (Å²) in [5, 5.41) is 8.99. The monoisotopic (exact) mass is 353 g/mol. The number of carbonyl (C=O) groups excluding carboxylic acids is 1. The first-order chi connectivity index (χ1) is 11.1. The number of carbonyl (C=O) groups is 2. The highest BCUT2D eigenvalue weighted by Gasteiger charge is 2.24. The number of hydrogen-bond donors (Lipinski definition) is 1. The Labute approximate surface area is 143 Å². The molecule has 5 nitrogen and oxygen atoms in total. The van der Waals surface area contributed by atoms with Gasteiger partial charge >= 0.3 is 11.9 Å². The fraction of sp³-hybridized carbons (Fsp3) is 0.438. The van der Waals surface area contributed by atoms with Crippen LogP contribution in [-0.4, -0.2) is 34.4 Å². The fourth-order valence-electron chi connectivity index (χ4n) is 1.94. The van der Waals surface area contributed by atoms with Crippen LogP contribution in [0.1, 0.15) is 26.2 Å². The van der Waals surface area contributed by atoms with Crippen molar-refractivity contribution in [3.05, 3.63) is 24.3 Å². The molecule has 0 aliphatic heterocycles. The number of nitrogens with zero attached hydrogens (tertiary/aromatic N) is 1. The molecule has 0 saturated carbocycles. The van der Waals surface area contributed by atoms with Crippen LogP contribution in [0.3, 0.4) is 0 Å². The third-order valence-corrected chi connectivity index (χ3v) is 5.52. The van der Waals surface area contributed by atoms with Crippen molar-refractivity contribution in [3.63, 3.8) is 0 Å². The maximum Gasteiger partial charge on any atom is 0.310 e. The largest absolute Gasteiger partial charge is 0.481 e. The van der Waals surface area contributed by atoms with Gasteiger partial charge in [0.05, 0.1) is 29.2 Å². The highest BCUT2D eigenvalue weighted by atomic mass is 32.2. The van der Waals surface area contributed by atoms with E-state index in [0.717, 1.165) is 27.4 Å². The van der Waals surface area contributed by atoms with Gasteiger partial charge in [0.2, 0.25) is 0 Å². The topological polar surface area (TPSA) is 76.5 Å². The van der Waals surface area contributed by atoms with Crippen LogP contribution >= 0.6 is 23.1 Å². The fourth-order valence-corrected chi connectivity index (χ4v) is 4.11. The number of para-hydroxylation sites is 1. The Morgan fingerprint density at radius 2 is 2.17 bits per heavy atom. The molecular formula is C16H19NO4S2. The van der Waals surface area contributed by atoms with E-state index in [4.69, 9.17) is 9.84 Å². The molecule has 2 aromatic rings. The number of rotatable bonds is 9. The quantitative estimate of drug-likeness (QED) is 0.419. The molecule has 0 saturated heterocycles. The zero-order chi connectivity index (χ0) is 16.7. The van der Waals surface area contributed by atoms with Gasteiger partial charge in [-0.05, 0) is 18.6 Å². The average Bonchev–Trinajstić information content (AvgIpc) is 2.94. The van der Waals surface area contributed by atoms with Crippen molar-refractivity contribution in [2.45, 2.75) is 30.5 Å². The molecule has 1 aromatic carbocycles. The highest BCUT2D eigenvalue weighted by Crippen LogP contribution is 2.31. The maximum absolute atomic E-state index is 12.0. The Bertz CT molecular complexity index is 638. The number of aliphatic carboxylic acids is 1. The molecule has 0 amide bonds. The van der Waals surface area contributed by atoms with Crippen LogP contribution in [0.25, 0.3) is 10.2 Å². The summed E-state index contributed by atoms with van der Waals surface area (Å²) in [4.78, 5) is 27.5. The summed E-state index contributed by atoms with van der Waals surface area (Å²) in [7, 11) is 0. The van der Waals surface area contributed by atoms with E-state index in [2.05, 4.69) is 4.98 Å². The van der Waals surface area contributed by atoms with E-state index >= 15 is 0 Å². The molecule has 1 N–H and O–H groups in total. The second-order valence-corrected chi connectivity index (χ2v) is 7.37. The summed E-state index contributed by atoms with van der Waals surface area (Å²) in [5.74, 6) is -1.72. The first-order valence-electron chi connectivity index (χ1n) is 7.47. The number of esters is 1. The summed E-state index contributed by atoms with van der Waals surface area (Å²) in [6.07, 6.45) is 1.50. The van der Waals surface area contributed by atoms with E-state index in [0.29, 0.717) is 12.4 Å². The summed E-state index contributed by atoms with van der Waals surface area (Å²) in [6.45, 7) is 2.35. The minimum absolute atomic E-state index is 0.219. The van der Waals surface area contributed by atoms with Gasteiger partial charge in [0, 0.05) is 5.75 Å². The predicted molar refractivity (Wildman–Crippen MR) is 92.0 cm³/mol. The summed E-state index contributed by atoms with van der Waals surface area (Å²) >= 11 is 2.95. The normalized spacial score (nSPS) is 12.2. The van der Waals surface area contributed by atoms with Crippen molar-refractivity contribution in [2.24, 2.45) is 5.92 Å². The van der Waals surface area contributed by atoms with Crippen molar-refractivity contribution >= 4 is 45.3 Å². The number of fused-ring (bicyclic) bond motifs is 1. The Hall–Kier alpha value is -1.60. The minimum atomic E-state index is -0.993. The maximum atomic E-state index is 12.0. The van der Waals surface area contributed by atoms with Gasteiger partial charge in [0.15, 0.2) is 4.34 Å². The van der Waals surface area contributed by atoms with Crippen LogP contribution < -0.4 is 0 Å². The molecular weight excluding hydrogens is 334 g/mol. The second kappa shape index (κ2) is 8.88. The molecule has 1 unspecified atom stereocenters. The number of carboxylic acid groups (broad SMARTS) is 1. The lowest BCUT2D eigenvalue weighted by Crippen LogP contribution is -2.23. The molecule has 1 atom stereocenters. The molecule has 1 heterocycles. The van der Waals surface area contributed by atoms with Gasteiger partial charge in [-0.15, -0.1) is 11.3 Å². The smallest absolute Gasteiger partial charge is 0.310 e. The van der Waals surface area contributed by atoms with Gasteiger partial charge in [-0.2, -0.15) is 0 Å². The minimum Gasteiger partial charge on any atom is -0.481 e. The molecule has 1 aromatic heterocycles. The Kier molecular flexibility index (Phi) is 6.85. The lowest BCUT2D eigenvalue weighted by molar-refractivity contribution is -0.152. The standard InChI is InChI=1S/C16H19NO4S2/c1-2-3-8-21-15(20)11(9-14(18)19)10-22-16-17-12-6-4-5-7-13(12)23-16/h4-7,11H,2-3,8-10H2,1H3,(H,18,19). The zero-order valence-electron chi connectivity index (χ0n) is 12.9. The highest BCUT2D eigenvalue weighted by molar-refractivity contribution is 8.01. The number of benzene rings is 1. The third kappa shape index (κ3) is 5.51. The van der Waals surface area contributed by atoms with Gasteiger partial charge in [0.1, 0.15) is 0 Å². The van der Waals surface area contributed by atoms with Crippen molar-refractivity contribution in [1.82, 2.24) is 4.98 Å². The van der Waals surface area contributed by atoms with E-state index in [1.165, 1.54) is 11.8 Å². The summed E-state index contributed by atoms with van der Waals surface area (Å²) in [6, 6.07) is 7.80. The van der Waals surface area contributed by atoms with Crippen LogP contribution in [0.5, 0.6) is 0 Å². The molecule has 7 heteroatoms. The van der Waals surface area contributed by atoms with E-state index in [1.807, 2.05) is 31.2 Å². The Morgan fingerprint density at radius 1 is 1.39 bits per heavy atom. The van der Waals surface area contributed by atoms with E-state index < -0.39 is 17.9 Å². The zero-order valence-corrected chi connectivity index (χ0v) is 14.5. The van der Waals surface area contributed by atoms with Crippen molar-refractivity contribution in [3.8, 4) is 0 Å². The summed E-state index contributed by atoms with van der Waals surface area (Å²) < 4.78 is 7.08. The first kappa shape index (κ1) is 17.7. The number of unbranched alkanes of at least 4 members (excludes halogenated alkanes) is 1. The van der Waals surface area contributed by atoms with Gasteiger partial charge in [-0.1, -0.05) is 37.2 Å².